The number of carbonyl (C=O) groups excluding carboxylic acids is 3. The fourth-order valence-corrected chi connectivity index (χ4v) is 4.45. The number of rotatable bonds is 6. The lowest BCUT2D eigenvalue weighted by atomic mass is 9.96. The largest absolute Gasteiger partial charge is 0.455 e. The molecule has 1 aliphatic heterocycles. The Morgan fingerprint density at radius 1 is 1.14 bits per heavy atom. The zero-order valence-electron chi connectivity index (χ0n) is 15.2. The van der Waals surface area contributed by atoms with Crippen molar-refractivity contribution < 1.29 is 19.1 Å². The number of amides is 2. The third-order valence-electron chi connectivity index (χ3n) is 4.77. The van der Waals surface area contributed by atoms with Gasteiger partial charge in [0.15, 0.2) is 6.61 Å². The molecule has 0 aliphatic carbocycles. The van der Waals surface area contributed by atoms with Gasteiger partial charge in [0.25, 0.3) is 5.91 Å². The van der Waals surface area contributed by atoms with Gasteiger partial charge in [-0.05, 0) is 30.4 Å². The van der Waals surface area contributed by atoms with E-state index >= 15 is 0 Å². The van der Waals surface area contributed by atoms with Gasteiger partial charge in [-0.1, -0.05) is 35.9 Å². The molecule has 0 radical (unpaired) electrons. The van der Waals surface area contributed by atoms with Gasteiger partial charge in [0.1, 0.15) is 0 Å². The number of carbonyl (C=O) groups is 3. The standard InChI is InChI=1S/C20H21ClN2O4S/c21-15-5-1-3-13-4-2-6-16(19(13)15)28-12-18(25)27-11-17(24)23-9-7-14(8-10-23)20(22)26/h1-6,14H,7-12H2,(H2,22,26). The number of esters is 1. The molecule has 0 saturated carbocycles. The number of halogens is 1. The Balaban J connectivity index is 1.48. The lowest BCUT2D eigenvalue weighted by Gasteiger charge is -2.30. The van der Waals surface area contributed by atoms with E-state index in [1.54, 1.807) is 4.90 Å². The molecule has 2 N–H and O–H groups in total. The van der Waals surface area contributed by atoms with Crippen molar-refractivity contribution in [3.05, 3.63) is 41.4 Å². The number of ether oxygens (including phenoxy) is 1. The molecular weight excluding hydrogens is 400 g/mol. The molecule has 6 nitrogen and oxygen atoms in total. The van der Waals surface area contributed by atoms with E-state index in [0.717, 1.165) is 15.7 Å². The van der Waals surface area contributed by atoms with Crippen LogP contribution in [-0.2, 0) is 19.1 Å². The van der Waals surface area contributed by atoms with E-state index in [-0.39, 0.29) is 30.1 Å². The summed E-state index contributed by atoms with van der Waals surface area (Å²) in [4.78, 5) is 37.9. The number of likely N-dealkylation sites (tertiary alicyclic amines) is 1. The van der Waals surface area contributed by atoms with Gasteiger partial charge in [0.05, 0.1) is 5.75 Å². The van der Waals surface area contributed by atoms with E-state index in [1.165, 1.54) is 11.8 Å². The molecule has 1 saturated heterocycles. The molecule has 0 bridgehead atoms. The molecule has 0 unspecified atom stereocenters. The molecule has 1 fully saturated rings. The normalized spacial score (nSPS) is 14.8. The van der Waals surface area contributed by atoms with Gasteiger partial charge in [-0.25, -0.2) is 0 Å². The second-order valence-corrected chi connectivity index (χ2v) is 8.03. The summed E-state index contributed by atoms with van der Waals surface area (Å²) in [5.74, 6) is -1.15. The molecule has 3 rings (SSSR count). The Morgan fingerprint density at radius 3 is 2.50 bits per heavy atom. The second kappa shape index (κ2) is 9.30. The number of piperidine rings is 1. The van der Waals surface area contributed by atoms with Crippen molar-refractivity contribution in [2.45, 2.75) is 17.7 Å². The average molecular weight is 421 g/mol. The summed E-state index contributed by atoms with van der Waals surface area (Å²) in [5, 5.41) is 2.53. The van der Waals surface area contributed by atoms with E-state index in [2.05, 4.69) is 0 Å². The van der Waals surface area contributed by atoms with E-state index in [9.17, 15) is 14.4 Å². The molecule has 0 atom stereocenters. The number of primary amides is 1. The predicted molar refractivity (Wildman–Crippen MR) is 109 cm³/mol. The van der Waals surface area contributed by atoms with Gasteiger partial charge in [0, 0.05) is 34.3 Å². The van der Waals surface area contributed by atoms with Crippen molar-refractivity contribution in [3.8, 4) is 0 Å². The Hall–Kier alpha value is -2.25. The third-order valence-corrected chi connectivity index (χ3v) is 6.11. The van der Waals surface area contributed by atoms with Crippen LogP contribution in [0.4, 0.5) is 0 Å². The number of hydrogen-bond acceptors (Lipinski definition) is 5. The van der Waals surface area contributed by atoms with Crippen molar-refractivity contribution in [2.75, 3.05) is 25.4 Å². The van der Waals surface area contributed by atoms with Crippen molar-refractivity contribution >= 4 is 51.9 Å². The number of nitrogens with zero attached hydrogens (tertiary/aromatic N) is 1. The van der Waals surface area contributed by atoms with Crippen molar-refractivity contribution in [3.63, 3.8) is 0 Å². The fraction of sp³-hybridized carbons (Fsp3) is 0.350. The molecular formula is C20H21ClN2O4S. The van der Waals surface area contributed by atoms with E-state index in [1.807, 2.05) is 36.4 Å². The van der Waals surface area contributed by atoms with Gasteiger partial charge in [-0.3, -0.25) is 14.4 Å². The summed E-state index contributed by atoms with van der Waals surface area (Å²) in [7, 11) is 0. The van der Waals surface area contributed by atoms with Crippen LogP contribution in [0.15, 0.2) is 41.3 Å². The molecule has 0 aromatic heterocycles. The Bertz CT molecular complexity index is 892. The number of thioether (sulfide) groups is 1. The first-order valence-electron chi connectivity index (χ1n) is 8.98. The van der Waals surface area contributed by atoms with Gasteiger partial charge < -0.3 is 15.4 Å². The number of nitrogens with two attached hydrogens (primary N) is 1. The summed E-state index contributed by atoms with van der Waals surface area (Å²) in [6, 6.07) is 11.4. The average Bonchev–Trinajstić information content (AvgIpc) is 2.70. The molecule has 2 aromatic rings. The summed E-state index contributed by atoms with van der Waals surface area (Å²) in [5.41, 5.74) is 5.29. The van der Waals surface area contributed by atoms with E-state index in [0.29, 0.717) is 31.0 Å². The van der Waals surface area contributed by atoms with Crippen LogP contribution in [0.1, 0.15) is 12.8 Å². The quantitative estimate of drug-likeness (QED) is 0.573. The predicted octanol–water partition coefficient (Wildman–Crippen LogP) is 2.85. The van der Waals surface area contributed by atoms with Crippen LogP contribution in [0.2, 0.25) is 5.02 Å². The van der Waals surface area contributed by atoms with E-state index < -0.39 is 5.97 Å². The molecule has 1 heterocycles. The highest BCUT2D eigenvalue weighted by molar-refractivity contribution is 8.00. The first-order chi connectivity index (χ1) is 13.5. The monoisotopic (exact) mass is 420 g/mol. The fourth-order valence-electron chi connectivity index (χ4n) is 3.21. The molecule has 2 amide bonds. The van der Waals surface area contributed by atoms with Gasteiger partial charge in [-0.15, -0.1) is 11.8 Å². The summed E-state index contributed by atoms with van der Waals surface area (Å²) < 4.78 is 5.12. The SMILES string of the molecule is NC(=O)C1CCN(C(=O)COC(=O)CSc2cccc3cccc(Cl)c23)CC1. The number of benzene rings is 2. The minimum atomic E-state index is -0.463. The summed E-state index contributed by atoms with van der Waals surface area (Å²) in [6.07, 6.45) is 1.10. The van der Waals surface area contributed by atoms with Crippen molar-refractivity contribution in [1.82, 2.24) is 4.90 Å². The zero-order valence-corrected chi connectivity index (χ0v) is 16.8. The van der Waals surface area contributed by atoms with Gasteiger partial charge >= 0.3 is 5.97 Å². The Labute approximate surface area is 172 Å². The zero-order chi connectivity index (χ0) is 20.1. The molecule has 148 valence electrons. The Morgan fingerprint density at radius 2 is 1.82 bits per heavy atom. The number of hydrogen-bond donors (Lipinski definition) is 1. The van der Waals surface area contributed by atoms with Crippen LogP contribution in [0, 0.1) is 5.92 Å². The van der Waals surface area contributed by atoms with E-state index in [4.69, 9.17) is 22.1 Å². The van der Waals surface area contributed by atoms with Crippen LogP contribution in [0.25, 0.3) is 10.8 Å². The summed E-state index contributed by atoms with van der Waals surface area (Å²) in [6.45, 7) is 0.609. The van der Waals surface area contributed by atoms with Crippen LogP contribution in [-0.4, -0.2) is 48.1 Å². The topological polar surface area (TPSA) is 89.7 Å². The molecule has 0 spiro atoms. The van der Waals surface area contributed by atoms with Gasteiger partial charge in [0.2, 0.25) is 5.91 Å². The first kappa shape index (κ1) is 20.5. The highest BCUT2D eigenvalue weighted by Crippen LogP contribution is 2.33. The molecule has 1 aliphatic rings. The summed E-state index contributed by atoms with van der Waals surface area (Å²) >= 11 is 7.62. The maximum atomic E-state index is 12.2. The lowest BCUT2D eigenvalue weighted by Crippen LogP contribution is -2.43. The van der Waals surface area contributed by atoms with Crippen LogP contribution in [0.5, 0.6) is 0 Å². The maximum absolute atomic E-state index is 12.2. The smallest absolute Gasteiger partial charge is 0.316 e. The second-order valence-electron chi connectivity index (χ2n) is 6.60. The highest BCUT2D eigenvalue weighted by Gasteiger charge is 2.26. The maximum Gasteiger partial charge on any atom is 0.316 e. The lowest BCUT2D eigenvalue weighted by molar-refractivity contribution is -0.150. The van der Waals surface area contributed by atoms with Gasteiger partial charge in [-0.2, -0.15) is 0 Å². The molecule has 28 heavy (non-hydrogen) atoms. The van der Waals surface area contributed by atoms with Crippen LogP contribution >= 0.6 is 23.4 Å². The van der Waals surface area contributed by atoms with Crippen molar-refractivity contribution in [1.29, 1.82) is 0 Å². The highest BCUT2D eigenvalue weighted by atomic mass is 35.5. The number of fused-ring (bicyclic) bond motifs is 1. The van der Waals surface area contributed by atoms with Crippen molar-refractivity contribution in [2.24, 2.45) is 11.7 Å². The molecule has 2 aromatic carbocycles. The first-order valence-corrected chi connectivity index (χ1v) is 10.3. The third kappa shape index (κ3) is 4.97. The minimum Gasteiger partial charge on any atom is -0.455 e. The van der Waals surface area contributed by atoms with Crippen LogP contribution < -0.4 is 5.73 Å². The Kier molecular flexibility index (Phi) is 6.80. The van der Waals surface area contributed by atoms with Crippen LogP contribution in [0.3, 0.4) is 0 Å². The molecule has 8 heteroatoms. The minimum absolute atomic E-state index is 0.0847.